The van der Waals surface area contributed by atoms with E-state index in [0.717, 1.165) is 21.9 Å². The summed E-state index contributed by atoms with van der Waals surface area (Å²) in [6.07, 6.45) is 1.95. The molecular weight excluding hydrogens is 533 g/mol. The zero-order valence-electron chi connectivity index (χ0n) is 21.5. The number of hydrogen-bond donors (Lipinski definition) is 1. The molecule has 196 valence electrons. The molecule has 1 amide bonds. The lowest BCUT2D eigenvalue weighted by Crippen LogP contribution is -2.30. The molecule has 4 aromatic carbocycles. The molecule has 0 radical (unpaired) electrons. The molecule has 0 saturated carbocycles. The summed E-state index contributed by atoms with van der Waals surface area (Å²) in [4.78, 5) is 15.4. The van der Waals surface area contributed by atoms with E-state index in [4.69, 9.17) is 0 Å². The van der Waals surface area contributed by atoms with Gasteiger partial charge in [0.2, 0.25) is 0 Å². The standard InChI is InChI=1S/C30H30N2O3S3/c1-4-32(38(34,35)28-17-15-26(36-3)16-18-28)25-13-11-24(12-14-25)30(33)31-29-19-10-23(20-22(29)2)21-37-27-8-6-5-7-9-27/h5-20H,4,21H2,1-3H3,(H,31,33). The summed E-state index contributed by atoms with van der Waals surface area (Å²) in [6, 6.07) is 29.8. The number of carbonyl (C=O) groups is 1. The van der Waals surface area contributed by atoms with Crippen LogP contribution in [0.2, 0.25) is 0 Å². The first kappa shape index (κ1) is 27.8. The highest BCUT2D eigenvalue weighted by molar-refractivity contribution is 7.98. The zero-order chi connectivity index (χ0) is 27.1. The summed E-state index contributed by atoms with van der Waals surface area (Å²) in [5.41, 5.74) is 3.88. The number of benzene rings is 4. The number of amides is 1. The Labute approximate surface area is 233 Å². The highest BCUT2D eigenvalue weighted by Crippen LogP contribution is 2.27. The van der Waals surface area contributed by atoms with Gasteiger partial charge in [0.05, 0.1) is 10.6 Å². The number of aryl methyl sites for hydroxylation is 1. The van der Waals surface area contributed by atoms with Gasteiger partial charge in [0.15, 0.2) is 0 Å². The second-order valence-electron chi connectivity index (χ2n) is 8.60. The summed E-state index contributed by atoms with van der Waals surface area (Å²) in [5, 5.41) is 2.98. The molecule has 0 spiro atoms. The average Bonchev–Trinajstić information content (AvgIpc) is 2.94. The van der Waals surface area contributed by atoms with E-state index in [-0.39, 0.29) is 17.3 Å². The molecule has 0 aromatic heterocycles. The summed E-state index contributed by atoms with van der Waals surface area (Å²) in [5.74, 6) is 0.601. The van der Waals surface area contributed by atoms with Crippen molar-refractivity contribution >= 4 is 50.8 Å². The molecule has 0 fully saturated rings. The van der Waals surface area contributed by atoms with Gasteiger partial charge in [-0.2, -0.15) is 0 Å². The Hall–Kier alpha value is -3.20. The van der Waals surface area contributed by atoms with Gasteiger partial charge in [-0.25, -0.2) is 8.42 Å². The van der Waals surface area contributed by atoms with Crippen molar-refractivity contribution in [3.8, 4) is 0 Å². The zero-order valence-corrected chi connectivity index (χ0v) is 24.0. The van der Waals surface area contributed by atoms with Crippen LogP contribution < -0.4 is 9.62 Å². The fourth-order valence-electron chi connectivity index (χ4n) is 3.98. The van der Waals surface area contributed by atoms with E-state index in [1.807, 2.05) is 43.5 Å². The molecule has 4 aromatic rings. The van der Waals surface area contributed by atoms with Gasteiger partial charge in [0.1, 0.15) is 0 Å². The van der Waals surface area contributed by atoms with E-state index in [1.54, 1.807) is 79.0 Å². The average molecular weight is 563 g/mol. The summed E-state index contributed by atoms with van der Waals surface area (Å²) >= 11 is 3.33. The molecule has 0 saturated heterocycles. The van der Waals surface area contributed by atoms with Crippen molar-refractivity contribution in [3.63, 3.8) is 0 Å². The largest absolute Gasteiger partial charge is 0.322 e. The molecule has 4 rings (SSSR count). The van der Waals surface area contributed by atoms with E-state index in [1.165, 1.54) is 14.8 Å². The number of anilines is 2. The molecular formula is C30H30N2O3S3. The summed E-state index contributed by atoms with van der Waals surface area (Å²) in [7, 11) is -3.72. The van der Waals surface area contributed by atoms with Crippen LogP contribution >= 0.6 is 23.5 Å². The Morgan fingerprint density at radius 2 is 1.55 bits per heavy atom. The van der Waals surface area contributed by atoms with Crippen LogP contribution in [0.5, 0.6) is 0 Å². The quantitative estimate of drug-likeness (QED) is 0.203. The second kappa shape index (κ2) is 12.6. The van der Waals surface area contributed by atoms with Gasteiger partial charge in [-0.1, -0.05) is 30.3 Å². The van der Waals surface area contributed by atoms with Crippen molar-refractivity contribution in [2.45, 2.75) is 34.3 Å². The minimum absolute atomic E-state index is 0.236. The van der Waals surface area contributed by atoms with Crippen LogP contribution in [0.25, 0.3) is 0 Å². The first-order valence-electron chi connectivity index (χ1n) is 12.2. The first-order valence-corrected chi connectivity index (χ1v) is 15.8. The predicted molar refractivity (Wildman–Crippen MR) is 160 cm³/mol. The molecule has 38 heavy (non-hydrogen) atoms. The number of sulfonamides is 1. The van der Waals surface area contributed by atoms with Crippen LogP contribution in [0.15, 0.2) is 112 Å². The van der Waals surface area contributed by atoms with Crippen molar-refractivity contribution in [3.05, 3.63) is 114 Å². The van der Waals surface area contributed by atoms with Gasteiger partial charge in [0, 0.05) is 33.3 Å². The molecule has 0 heterocycles. The third-order valence-electron chi connectivity index (χ3n) is 6.04. The molecule has 0 unspecified atom stereocenters. The van der Waals surface area contributed by atoms with Gasteiger partial charge < -0.3 is 5.32 Å². The van der Waals surface area contributed by atoms with Crippen molar-refractivity contribution < 1.29 is 13.2 Å². The maximum atomic E-state index is 13.3. The molecule has 1 N–H and O–H groups in total. The van der Waals surface area contributed by atoms with Crippen LogP contribution in [0, 0.1) is 6.92 Å². The smallest absolute Gasteiger partial charge is 0.264 e. The van der Waals surface area contributed by atoms with Crippen LogP contribution in [0.4, 0.5) is 11.4 Å². The predicted octanol–water partition coefficient (Wildman–Crippen LogP) is 7.48. The minimum atomic E-state index is -3.72. The van der Waals surface area contributed by atoms with Gasteiger partial charge in [-0.3, -0.25) is 9.10 Å². The Balaban J connectivity index is 1.43. The van der Waals surface area contributed by atoms with E-state index < -0.39 is 10.0 Å². The van der Waals surface area contributed by atoms with Crippen molar-refractivity contribution in [2.75, 3.05) is 22.4 Å². The maximum absolute atomic E-state index is 13.3. The Bertz CT molecular complexity index is 1490. The number of nitrogens with zero attached hydrogens (tertiary/aromatic N) is 1. The van der Waals surface area contributed by atoms with Crippen LogP contribution in [-0.2, 0) is 15.8 Å². The maximum Gasteiger partial charge on any atom is 0.264 e. The third-order valence-corrected chi connectivity index (χ3v) is 9.78. The Kier molecular flexibility index (Phi) is 9.20. The van der Waals surface area contributed by atoms with E-state index in [2.05, 4.69) is 23.5 Å². The number of rotatable bonds is 10. The lowest BCUT2D eigenvalue weighted by molar-refractivity contribution is 0.102. The molecule has 0 aliphatic rings. The SMILES string of the molecule is CCN(c1ccc(C(=O)Nc2ccc(CSc3ccccc3)cc2C)cc1)S(=O)(=O)c1ccc(SC)cc1. The van der Waals surface area contributed by atoms with Gasteiger partial charge >= 0.3 is 0 Å². The molecule has 0 aliphatic carbocycles. The van der Waals surface area contributed by atoms with E-state index in [0.29, 0.717) is 11.3 Å². The highest BCUT2D eigenvalue weighted by Gasteiger charge is 2.24. The summed E-state index contributed by atoms with van der Waals surface area (Å²) < 4.78 is 27.9. The molecule has 0 aliphatic heterocycles. The lowest BCUT2D eigenvalue weighted by atomic mass is 10.1. The van der Waals surface area contributed by atoms with Crippen LogP contribution in [-0.4, -0.2) is 27.1 Å². The Morgan fingerprint density at radius 3 is 2.16 bits per heavy atom. The summed E-state index contributed by atoms with van der Waals surface area (Å²) in [6.45, 7) is 4.04. The number of nitrogens with one attached hydrogen (secondary N) is 1. The second-order valence-corrected chi connectivity index (χ2v) is 12.4. The van der Waals surface area contributed by atoms with Crippen molar-refractivity contribution in [1.29, 1.82) is 0 Å². The van der Waals surface area contributed by atoms with E-state index >= 15 is 0 Å². The number of thioether (sulfide) groups is 2. The molecule has 8 heteroatoms. The van der Waals surface area contributed by atoms with Crippen LogP contribution in [0.1, 0.15) is 28.4 Å². The Morgan fingerprint density at radius 1 is 0.868 bits per heavy atom. The minimum Gasteiger partial charge on any atom is -0.322 e. The monoisotopic (exact) mass is 562 g/mol. The number of carbonyl (C=O) groups excluding carboxylic acids is 1. The fourth-order valence-corrected chi connectivity index (χ4v) is 6.72. The first-order chi connectivity index (χ1) is 18.3. The van der Waals surface area contributed by atoms with Crippen LogP contribution in [0.3, 0.4) is 0 Å². The molecule has 5 nitrogen and oxygen atoms in total. The lowest BCUT2D eigenvalue weighted by Gasteiger charge is -2.23. The molecule has 0 bridgehead atoms. The van der Waals surface area contributed by atoms with E-state index in [9.17, 15) is 13.2 Å². The van der Waals surface area contributed by atoms with Gasteiger partial charge in [-0.15, -0.1) is 23.5 Å². The number of hydrogen-bond acceptors (Lipinski definition) is 5. The molecule has 0 atom stereocenters. The van der Waals surface area contributed by atoms with Crippen molar-refractivity contribution in [2.24, 2.45) is 0 Å². The van der Waals surface area contributed by atoms with Gasteiger partial charge in [0.25, 0.3) is 15.9 Å². The fraction of sp³-hybridized carbons (Fsp3) is 0.167. The highest BCUT2D eigenvalue weighted by atomic mass is 32.2. The topological polar surface area (TPSA) is 66.5 Å². The van der Waals surface area contributed by atoms with Gasteiger partial charge in [-0.05, 0) is 98.0 Å². The normalized spacial score (nSPS) is 11.2. The third kappa shape index (κ3) is 6.62. The van der Waals surface area contributed by atoms with Crippen molar-refractivity contribution in [1.82, 2.24) is 0 Å².